The highest BCUT2D eigenvalue weighted by molar-refractivity contribution is 7.71. The van der Waals surface area contributed by atoms with Gasteiger partial charge >= 0.3 is 12.2 Å². The van der Waals surface area contributed by atoms with Crippen LogP contribution in [0.4, 0.5) is 22.0 Å². The van der Waals surface area contributed by atoms with Gasteiger partial charge in [-0.1, -0.05) is 0 Å². The number of halogens is 5. The lowest BCUT2D eigenvalue weighted by atomic mass is 10.6. The summed E-state index contributed by atoms with van der Waals surface area (Å²) in [6.07, 6.45) is -5.62. The third-order valence-corrected chi connectivity index (χ3v) is 8.52. The molecule has 13 heteroatoms. The van der Waals surface area contributed by atoms with Crippen molar-refractivity contribution in [3.63, 3.8) is 0 Å². The Balaban J connectivity index is 2.89. The number of nitrogens with zero attached hydrogens (tertiary/aromatic N) is 1. The second-order valence-electron chi connectivity index (χ2n) is 4.30. The molecule has 0 amide bonds. The molecule has 4 nitrogen and oxygen atoms in total. The topological polar surface area (TPSA) is 36.5 Å². The van der Waals surface area contributed by atoms with Crippen LogP contribution >= 0.6 is 26.2 Å². The maximum Gasteiger partial charge on any atom is 0.470 e. The van der Waals surface area contributed by atoms with Crippen molar-refractivity contribution in [2.45, 2.75) is 31.9 Å². The van der Waals surface area contributed by atoms with Crippen LogP contribution in [0.1, 0.15) is 0 Å². The Bertz CT molecular complexity index is 301. The van der Waals surface area contributed by atoms with Crippen LogP contribution in [0.3, 0.4) is 0 Å². The molecule has 0 aliphatic carbocycles. The number of hydrogen-bond acceptors (Lipinski definition) is 4. The van der Waals surface area contributed by atoms with E-state index in [9.17, 15) is 22.0 Å². The predicted molar refractivity (Wildman–Crippen MR) is 67.1 cm³/mol. The van der Waals surface area contributed by atoms with Gasteiger partial charge in [-0.2, -0.15) is 22.0 Å². The van der Waals surface area contributed by atoms with Crippen molar-refractivity contribution in [3.8, 4) is 0 Å². The van der Waals surface area contributed by atoms with E-state index >= 15 is 0 Å². The summed E-state index contributed by atoms with van der Waals surface area (Å²) in [5.74, 6) is 0. The standard InChI is InChI=1S/C5H13F5N3OP3Si/c1-18(2,3)14-17-12-15-11-16-13(17)5(9,10)4(6,7)8/h11-12,15-16H,1-3H3. The molecule has 18 heavy (non-hydrogen) atoms. The van der Waals surface area contributed by atoms with Gasteiger partial charge < -0.3 is 4.21 Å². The van der Waals surface area contributed by atoms with E-state index in [1.807, 2.05) is 0 Å². The Morgan fingerprint density at radius 3 is 2.17 bits per heavy atom. The largest absolute Gasteiger partial charge is 0.470 e. The van der Waals surface area contributed by atoms with E-state index in [4.69, 9.17) is 4.21 Å². The van der Waals surface area contributed by atoms with Gasteiger partial charge in [-0.15, -0.1) is 4.44 Å². The van der Waals surface area contributed by atoms with Gasteiger partial charge in [0.25, 0.3) is 0 Å². The number of hydrogen-bond donors (Lipinski definition) is 2. The zero-order chi connectivity index (χ0) is 14.2. The molecule has 0 radical (unpaired) electrons. The Kier molecular flexibility index (Phi) is 5.47. The lowest BCUT2D eigenvalue weighted by Crippen LogP contribution is -2.49. The van der Waals surface area contributed by atoms with Crippen molar-refractivity contribution in [2.75, 3.05) is 0 Å². The average molecular weight is 347 g/mol. The van der Waals surface area contributed by atoms with Crippen LogP contribution < -0.4 is 9.72 Å². The first kappa shape index (κ1) is 17.0. The van der Waals surface area contributed by atoms with Crippen molar-refractivity contribution in [1.82, 2.24) is 14.2 Å². The molecule has 0 aromatic rings. The highest BCUT2D eigenvalue weighted by Crippen LogP contribution is 2.60. The van der Waals surface area contributed by atoms with Crippen molar-refractivity contribution in [1.29, 1.82) is 0 Å². The van der Waals surface area contributed by atoms with E-state index in [1.165, 1.54) is 0 Å². The van der Waals surface area contributed by atoms with Gasteiger partial charge in [0, 0.05) is 17.8 Å². The minimum Gasteiger partial charge on any atom is -0.373 e. The summed E-state index contributed by atoms with van der Waals surface area (Å²) in [6, 6.07) is -4.90. The lowest BCUT2D eigenvalue weighted by molar-refractivity contribution is -0.308. The molecule has 0 saturated carbocycles. The molecule has 0 spiro atoms. The minimum absolute atomic E-state index is 0.0388. The molecule has 1 heterocycles. The molecule has 1 aliphatic heterocycles. The zero-order valence-electron chi connectivity index (χ0n) is 9.69. The predicted octanol–water partition coefficient (Wildman–Crippen LogP) is 3.73. The molecule has 1 fully saturated rings. The SMILES string of the molecule is C[Si](C)(C)OP1NPNPN1C(F)(F)C(F)(F)F. The van der Waals surface area contributed by atoms with Crippen molar-refractivity contribution in [3.05, 3.63) is 0 Å². The van der Waals surface area contributed by atoms with Crippen molar-refractivity contribution >= 4 is 34.5 Å². The fourth-order valence-electron chi connectivity index (χ4n) is 0.879. The van der Waals surface area contributed by atoms with Crippen molar-refractivity contribution in [2.24, 2.45) is 0 Å². The summed E-state index contributed by atoms with van der Waals surface area (Å²) in [6.45, 7) is 5.19. The second kappa shape index (κ2) is 5.78. The van der Waals surface area contributed by atoms with Crippen LogP contribution in [0.5, 0.6) is 0 Å². The summed E-state index contributed by atoms with van der Waals surface area (Å²) in [4.78, 5) is 5.02. The number of alkyl halides is 5. The molecule has 3 atom stereocenters. The van der Waals surface area contributed by atoms with Crippen LogP contribution in [0.2, 0.25) is 19.6 Å². The lowest BCUT2D eigenvalue weighted by Gasteiger charge is -2.41. The van der Waals surface area contributed by atoms with Crippen LogP contribution in [0, 0.1) is 0 Å². The Hall–Kier alpha value is 0.997. The fraction of sp³-hybridized carbons (Fsp3) is 1.00. The normalized spacial score (nSPS) is 27.0. The van der Waals surface area contributed by atoms with Gasteiger partial charge in [-0.05, 0) is 19.6 Å². The summed E-state index contributed by atoms with van der Waals surface area (Å²) in [5.41, 5.74) is 0. The van der Waals surface area contributed by atoms with Crippen molar-refractivity contribution < 1.29 is 26.2 Å². The van der Waals surface area contributed by atoms with Gasteiger partial charge in [0.05, 0.1) is 0 Å². The zero-order valence-corrected chi connectivity index (χ0v) is 13.6. The van der Waals surface area contributed by atoms with Crippen LogP contribution in [0.15, 0.2) is 0 Å². The molecule has 1 rings (SSSR count). The van der Waals surface area contributed by atoms with Crippen LogP contribution in [-0.2, 0) is 4.21 Å². The molecule has 3 unspecified atom stereocenters. The quantitative estimate of drug-likeness (QED) is 0.353. The van der Waals surface area contributed by atoms with Gasteiger partial charge in [-0.25, -0.2) is 4.86 Å². The molecule has 108 valence electrons. The Morgan fingerprint density at radius 2 is 1.72 bits per heavy atom. The highest BCUT2D eigenvalue weighted by Gasteiger charge is 2.64. The summed E-state index contributed by atoms with van der Waals surface area (Å²) in [7, 11) is -5.27. The summed E-state index contributed by atoms with van der Waals surface area (Å²) < 4.78 is 69.1. The summed E-state index contributed by atoms with van der Waals surface area (Å²) in [5, 5.41) is 0. The molecule has 0 aromatic carbocycles. The first-order valence-electron chi connectivity index (χ1n) is 4.70. The molecule has 1 saturated heterocycles. The number of nitrogens with one attached hydrogen (secondary N) is 2. The minimum atomic E-state index is -5.62. The van der Waals surface area contributed by atoms with Crippen LogP contribution in [0.25, 0.3) is 0 Å². The van der Waals surface area contributed by atoms with Gasteiger partial charge in [0.2, 0.25) is 0 Å². The fourth-order valence-corrected chi connectivity index (χ4v) is 8.27. The average Bonchev–Trinajstić information content (AvgIpc) is 2.13. The summed E-state index contributed by atoms with van der Waals surface area (Å²) >= 11 is 0. The van der Waals surface area contributed by atoms with E-state index in [0.717, 1.165) is 0 Å². The van der Waals surface area contributed by atoms with Gasteiger partial charge in [0.15, 0.2) is 16.8 Å². The van der Waals surface area contributed by atoms with E-state index in [2.05, 4.69) is 9.72 Å². The molecule has 0 bridgehead atoms. The third-order valence-electron chi connectivity index (χ3n) is 1.52. The van der Waals surface area contributed by atoms with E-state index in [-0.39, 0.29) is 13.3 Å². The van der Waals surface area contributed by atoms with Gasteiger partial charge in [-0.3, -0.25) is 4.86 Å². The molecule has 1 aliphatic rings. The third kappa shape index (κ3) is 4.25. The maximum absolute atomic E-state index is 13.3. The first-order valence-corrected chi connectivity index (χ1v) is 11.3. The molecule has 2 N–H and O–H groups in total. The Labute approximate surface area is 107 Å². The van der Waals surface area contributed by atoms with E-state index in [1.54, 1.807) is 19.6 Å². The molecular weight excluding hydrogens is 334 g/mol. The second-order valence-corrected chi connectivity index (χ2v) is 13.4. The smallest absolute Gasteiger partial charge is 0.373 e. The van der Waals surface area contributed by atoms with Crippen LogP contribution in [-0.4, -0.2) is 25.0 Å². The van der Waals surface area contributed by atoms with E-state index < -0.39 is 37.9 Å². The molecule has 0 aromatic heterocycles. The molecular formula is C5H13F5N3OP3Si. The Morgan fingerprint density at radius 1 is 1.17 bits per heavy atom. The maximum atomic E-state index is 13.3. The monoisotopic (exact) mass is 347 g/mol. The highest BCUT2D eigenvalue weighted by atomic mass is 31.2. The number of rotatable bonds is 3. The van der Waals surface area contributed by atoms with E-state index in [0.29, 0.717) is 0 Å². The first-order chi connectivity index (χ1) is 7.95. The van der Waals surface area contributed by atoms with Gasteiger partial charge in [0.1, 0.15) is 0 Å².